The van der Waals surface area contributed by atoms with Crippen LogP contribution in [0.5, 0.6) is 5.75 Å². The fraction of sp³-hybridized carbons (Fsp3) is 0.556. The summed E-state index contributed by atoms with van der Waals surface area (Å²) in [7, 11) is 0. The SMILES string of the molecule is O=C(Cc1ccc(O)cc1)N1CCC(C(=O)N2CCCC2)CC1. The van der Waals surface area contributed by atoms with E-state index in [0.29, 0.717) is 19.5 Å². The van der Waals surface area contributed by atoms with Gasteiger partial charge < -0.3 is 14.9 Å². The Morgan fingerprint density at radius 3 is 2.17 bits per heavy atom. The Balaban J connectivity index is 1.49. The van der Waals surface area contributed by atoms with E-state index in [0.717, 1.165) is 44.3 Å². The Morgan fingerprint density at radius 1 is 0.957 bits per heavy atom. The van der Waals surface area contributed by atoms with Crippen molar-refractivity contribution in [3.8, 4) is 5.75 Å². The second kappa shape index (κ2) is 7.02. The predicted molar refractivity (Wildman–Crippen MR) is 86.9 cm³/mol. The number of phenolic OH excluding ortho intramolecular Hbond substituents is 1. The summed E-state index contributed by atoms with van der Waals surface area (Å²) in [6.07, 6.45) is 4.14. The first-order valence-electron chi connectivity index (χ1n) is 8.48. The highest BCUT2D eigenvalue weighted by Gasteiger charge is 2.31. The van der Waals surface area contributed by atoms with E-state index in [1.54, 1.807) is 24.3 Å². The molecule has 0 radical (unpaired) electrons. The molecule has 0 spiro atoms. The van der Waals surface area contributed by atoms with E-state index in [4.69, 9.17) is 0 Å². The van der Waals surface area contributed by atoms with Crippen molar-refractivity contribution in [2.24, 2.45) is 5.92 Å². The first-order chi connectivity index (χ1) is 11.1. The van der Waals surface area contributed by atoms with Crippen LogP contribution < -0.4 is 0 Å². The van der Waals surface area contributed by atoms with Crippen molar-refractivity contribution in [2.45, 2.75) is 32.1 Å². The van der Waals surface area contributed by atoms with Crippen molar-refractivity contribution in [3.05, 3.63) is 29.8 Å². The quantitative estimate of drug-likeness (QED) is 0.925. The standard InChI is InChI=1S/C18H24N2O3/c21-16-5-3-14(4-6-16)13-17(22)19-11-7-15(8-12-19)18(23)20-9-1-2-10-20/h3-6,15,21H,1-2,7-13H2. The number of hydrogen-bond acceptors (Lipinski definition) is 3. The van der Waals surface area contributed by atoms with E-state index in [1.165, 1.54) is 0 Å². The minimum absolute atomic E-state index is 0.0887. The Labute approximate surface area is 136 Å². The molecule has 0 bridgehead atoms. The van der Waals surface area contributed by atoms with Gasteiger partial charge >= 0.3 is 0 Å². The molecule has 2 fully saturated rings. The smallest absolute Gasteiger partial charge is 0.226 e. The van der Waals surface area contributed by atoms with Crippen LogP contribution in [0, 0.1) is 5.92 Å². The molecule has 2 aliphatic heterocycles. The molecule has 124 valence electrons. The number of hydrogen-bond donors (Lipinski definition) is 1. The number of likely N-dealkylation sites (tertiary alicyclic amines) is 2. The van der Waals surface area contributed by atoms with Gasteiger partial charge in [0.1, 0.15) is 5.75 Å². The van der Waals surface area contributed by atoms with Crippen molar-refractivity contribution in [1.29, 1.82) is 0 Å². The van der Waals surface area contributed by atoms with Crippen LogP contribution in [0.15, 0.2) is 24.3 Å². The molecule has 0 aromatic heterocycles. The van der Waals surface area contributed by atoms with Crippen LogP contribution >= 0.6 is 0 Å². The van der Waals surface area contributed by atoms with Gasteiger partial charge in [0.05, 0.1) is 6.42 Å². The van der Waals surface area contributed by atoms with Crippen LogP contribution in [0.1, 0.15) is 31.2 Å². The normalized spacial score (nSPS) is 19.1. The molecule has 23 heavy (non-hydrogen) atoms. The van der Waals surface area contributed by atoms with Crippen LogP contribution in [0.3, 0.4) is 0 Å². The van der Waals surface area contributed by atoms with Crippen molar-refractivity contribution < 1.29 is 14.7 Å². The van der Waals surface area contributed by atoms with Crippen LogP contribution in [0.25, 0.3) is 0 Å². The van der Waals surface area contributed by atoms with Crippen molar-refractivity contribution in [2.75, 3.05) is 26.2 Å². The summed E-state index contributed by atoms with van der Waals surface area (Å²) in [5.41, 5.74) is 0.906. The third-order valence-corrected chi connectivity index (χ3v) is 4.91. The molecule has 5 heteroatoms. The Morgan fingerprint density at radius 2 is 1.57 bits per heavy atom. The van der Waals surface area contributed by atoms with Crippen LogP contribution in [0.4, 0.5) is 0 Å². The molecule has 2 aliphatic rings. The number of piperidine rings is 1. The number of nitrogens with zero attached hydrogens (tertiary/aromatic N) is 2. The van der Waals surface area contributed by atoms with Crippen LogP contribution in [-0.2, 0) is 16.0 Å². The van der Waals surface area contributed by atoms with Gasteiger partial charge in [-0.25, -0.2) is 0 Å². The highest BCUT2D eigenvalue weighted by Crippen LogP contribution is 2.22. The Kier molecular flexibility index (Phi) is 4.84. The first-order valence-corrected chi connectivity index (χ1v) is 8.48. The zero-order valence-corrected chi connectivity index (χ0v) is 13.4. The molecule has 2 heterocycles. The summed E-state index contributed by atoms with van der Waals surface area (Å²) >= 11 is 0. The fourth-order valence-electron chi connectivity index (χ4n) is 3.47. The van der Waals surface area contributed by atoms with E-state index in [-0.39, 0.29) is 23.5 Å². The molecule has 2 amide bonds. The van der Waals surface area contributed by atoms with Gasteiger partial charge in [0.15, 0.2) is 0 Å². The van der Waals surface area contributed by atoms with Gasteiger partial charge in [0.2, 0.25) is 11.8 Å². The lowest BCUT2D eigenvalue weighted by molar-refractivity contribution is -0.139. The lowest BCUT2D eigenvalue weighted by atomic mass is 9.95. The number of aromatic hydroxyl groups is 1. The number of carbonyl (C=O) groups is 2. The maximum absolute atomic E-state index is 12.4. The molecular formula is C18H24N2O3. The van der Waals surface area contributed by atoms with Gasteiger partial charge in [-0.15, -0.1) is 0 Å². The topological polar surface area (TPSA) is 60.9 Å². The maximum Gasteiger partial charge on any atom is 0.226 e. The van der Waals surface area contributed by atoms with E-state index < -0.39 is 0 Å². The van der Waals surface area contributed by atoms with Crippen LogP contribution in [0.2, 0.25) is 0 Å². The molecule has 5 nitrogen and oxygen atoms in total. The molecule has 3 rings (SSSR count). The summed E-state index contributed by atoms with van der Waals surface area (Å²) in [5.74, 6) is 0.684. The van der Waals surface area contributed by atoms with E-state index >= 15 is 0 Å². The third kappa shape index (κ3) is 3.84. The summed E-state index contributed by atoms with van der Waals surface area (Å²) in [6.45, 7) is 3.14. The van der Waals surface area contributed by atoms with Gasteiger partial charge in [0, 0.05) is 32.1 Å². The van der Waals surface area contributed by atoms with Gasteiger partial charge in [0.25, 0.3) is 0 Å². The predicted octanol–water partition coefficient (Wildman–Crippen LogP) is 1.80. The largest absolute Gasteiger partial charge is 0.508 e. The number of benzene rings is 1. The lowest BCUT2D eigenvalue weighted by Crippen LogP contribution is -2.44. The van der Waals surface area contributed by atoms with Crippen molar-refractivity contribution in [3.63, 3.8) is 0 Å². The minimum Gasteiger partial charge on any atom is -0.508 e. The van der Waals surface area contributed by atoms with Crippen molar-refractivity contribution in [1.82, 2.24) is 9.80 Å². The number of amides is 2. The van der Waals surface area contributed by atoms with E-state index in [2.05, 4.69) is 0 Å². The zero-order valence-electron chi connectivity index (χ0n) is 13.4. The molecule has 2 saturated heterocycles. The molecule has 0 aliphatic carbocycles. The fourth-order valence-corrected chi connectivity index (χ4v) is 3.47. The second-order valence-electron chi connectivity index (χ2n) is 6.53. The molecule has 1 aromatic rings. The summed E-state index contributed by atoms with van der Waals surface area (Å²) < 4.78 is 0. The maximum atomic E-state index is 12.4. The average Bonchev–Trinajstić information content (AvgIpc) is 3.11. The van der Waals surface area contributed by atoms with Gasteiger partial charge in [-0.1, -0.05) is 12.1 Å². The summed E-state index contributed by atoms with van der Waals surface area (Å²) in [4.78, 5) is 28.6. The lowest BCUT2D eigenvalue weighted by Gasteiger charge is -2.33. The summed E-state index contributed by atoms with van der Waals surface area (Å²) in [5, 5.41) is 9.28. The monoisotopic (exact) mass is 316 g/mol. The van der Waals surface area contributed by atoms with Gasteiger partial charge in [-0.3, -0.25) is 9.59 Å². The average molecular weight is 316 g/mol. The molecule has 1 N–H and O–H groups in total. The highest BCUT2D eigenvalue weighted by molar-refractivity contribution is 5.81. The minimum atomic E-state index is 0.0887. The molecule has 1 aromatic carbocycles. The molecule has 0 unspecified atom stereocenters. The third-order valence-electron chi connectivity index (χ3n) is 4.91. The Bertz CT molecular complexity index is 556. The molecular weight excluding hydrogens is 292 g/mol. The van der Waals surface area contributed by atoms with Crippen molar-refractivity contribution >= 4 is 11.8 Å². The molecule has 0 saturated carbocycles. The van der Waals surface area contributed by atoms with Crippen LogP contribution in [-0.4, -0.2) is 52.9 Å². The van der Waals surface area contributed by atoms with Gasteiger partial charge in [-0.2, -0.15) is 0 Å². The first kappa shape index (κ1) is 15.8. The molecule has 0 atom stereocenters. The number of carbonyl (C=O) groups excluding carboxylic acids is 2. The van der Waals surface area contributed by atoms with Gasteiger partial charge in [-0.05, 0) is 43.4 Å². The number of phenols is 1. The zero-order chi connectivity index (χ0) is 16.2. The van der Waals surface area contributed by atoms with E-state index in [1.807, 2.05) is 9.80 Å². The van der Waals surface area contributed by atoms with E-state index in [9.17, 15) is 14.7 Å². The second-order valence-corrected chi connectivity index (χ2v) is 6.53. The number of rotatable bonds is 3. The Hall–Kier alpha value is -2.04. The summed E-state index contributed by atoms with van der Waals surface area (Å²) in [6, 6.07) is 6.75. The highest BCUT2D eigenvalue weighted by atomic mass is 16.3.